The Hall–Kier alpha value is -2.43. The molecule has 2 aromatic rings. The summed E-state index contributed by atoms with van der Waals surface area (Å²) in [5, 5.41) is 2.92. The first-order valence-electron chi connectivity index (χ1n) is 8.40. The van der Waals surface area contributed by atoms with Crippen LogP contribution in [-0.2, 0) is 6.54 Å². The van der Waals surface area contributed by atoms with Crippen LogP contribution in [0.3, 0.4) is 0 Å². The van der Waals surface area contributed by atoms with Crippen LogP contribution in [0.25, 0.3) is 0 Å². The van der Waals surface area contributed by atoms with Crippen LogP contribution in [0.2, 0.25) is 0 Å². The molecule has 1 aromatic carbocycles. The Balaban J connectivity index is 2.05. The van der Waals surface area contributed by atoms with E-state index in [-0.39, 0.29) is 5.91 Å². The topological polar surface area (TPSA) is 58.1 Å². The second-order valence-electron chi connectivity index (χ2n) is 6.10. The van der Waals surface area contributed by atoms with Crippen LogP contribution in [0.15, 0.2) is 30.3 Å². The summed E-state index contributed by atoms with van der Waals surface area (Å²) < 4.78 is 0. The van der Waals surface area contributed by atoms with Gasteiger partial charge in [-0.2, -0.15) is 0 Å². The van der Waals surface area contributed by atoms with E-state index in [4.69, 9.17) is 0 Å². The minimum absolute atomic E-state index is 0.175. The van der Waals surface area contributed by atoms with Gasteiger partial charge in [-0.15, -0.1) is 0 Å². The first-order chi connectivity index (χ1) is 11.5. The highest BCUT2D eigenvalue weighted by atomic mass is 16.1. The van der Waals surface area contributed by atoms with Crippen molar-refractivity contribution in [3.05, 3.63) is 53.0 Å². The van der Waals surface area contributed by atoms with Crippen LogP contribution < -0.4 is 10.2 Å². The number of aryl methyl sites for hydroxylation is 2. The van der Waals surface area contributed by atoms with Crippen molar-refractivity contribution in [2.45, 2.75) is 40.2 Å². The van der Waals surface area contributed by atoms with E-state index in [1.807, 2.05) is 45.2 Å². The highest BCUT2D eigenvalue weighted by Gasteiger charge is 2.12. The number of anilines is 1. The number of aromatic nitrogens is 2. The van der Waals surface area contributed by atoms with Crippen molar-refractivity contribution in [3.8, 4) is 0 Å². The van der Waals surface area contributed by atoms with Gasteiger partial charge in [0.25, 0.3) is 5.91 Å². The first kappa shape index (κ1) is 17.9. The monoisotopic (exact) mass is 326 g/mol. The standard InChI is InChI=1S/C19H26N4O/c1-5-6-11-23(4)18-12-17(21-15(3)22-18)19(24)20-13-16-9-7-14(2)8-10-16/h7-10,12H,5-6,11,13H2,1-4H3,(H,20,24). The average Bonchev–Trinajstić information content (AvgIpc) is 2.58. The first-order valence-corrected chi connectivity index (χ1v) is 8.40. The zero-order valence-electron chi connectivity index (χ0n) is 15.0. The number of unbranched alkanes of at least 4 members (excludes halogenated alkanes) is 1. The lowest BCUT2D eigenvalue weighted by molar-refractivity contribution is 0.0945. The molecular formula is C19H26N4O. The van der Waals surface area contributed by atoms with Crippen molar-refractivity contribution < 1.29 is 4.79 Å². The number of nitrogens with zero attached hydrogens (tertiary/aromatic N) is 3. The second-order valence-corrected chi connectivity index (χ2v) is 6.10. The summed E-state index contributed by atoms with van der Waals surface area (Å²) >= 11 is 0. The van der Waals surface area contributed by atoms with Crippen LogP contribution in [0.5, 0.6) is 0 Å². The van der Waals surface area contributed by atoms with Crippen LogP contribution in [0.4, 0.5) is 5.82 Å². The molecule has 0 atom stereocenters. The zero-order chi connectivity index (χ0) is 17.5. The van der Waals surface area contributed by atoms with Gasteiger partial charge >= 0.3 is 0 Å². The Bertz CT molecular complexity index is 682. The molecule has 5 heteroatoms. The summed E-state index contributed by atoms with van der Waals surface area (Å²) in [4.78, 5) is 23.2. The van der Waals surface area contributed by atoms with Crippen molar-refractivity contribution in [1.29, 1.82) is 0 Å². The number of hydrogen-bond acceptors (Lipinski definition) is 4. The molecule has 0 saturated carbocycles. The fourth-order valence-electron chi connectivity index (χ4n) is 2.35. The molecule has 0 spiro atoms. The van der Waals surface area contributed by atoms with Crippen LogP contribution in [0.1, 0.15) is 47.2 Å². The van der Waals surface area contributed by atoms with E-state index in [0.717, 1.165) is 30.8 Å². The molecule has 0 aliphatic carbocycles. The van der Waals surface area contributed by atoms with Gasteiger partial charge in [-0.05, 0) is 25.8 Å². The number of amides is 1. The lowest BCUT2D eigenvalue weighted by atomic mass is 10.1. The van der Waals surface area contributed by atoms with Crippen LogP contribution in [0, 0.1) is 13.8 Å². The Labute approximate surface area is 144 Å². The Morgan fingerprint density at radius 3 is 2.54 bits per heavy atom. The fourth-order valence-corrected chi connectivity index (χ4v) is 2.35. The summed E-state index contributed by atoms with van der Waals surface area (Å²) in [6.07, 6.45) is 2.22. The number of carbonyl (C=O) groups is 1. The summed E-state index contributed by atoms with van der Waals surface area (Å²) in [6, 6.07) is 9.87. The number of benzene rings is 1. The van der Waals surface area contributed by atoms with Gasteiger partial charge in [-0.1, -0.05) is 43.2 Å². The quantitative estimate of drug-likeness (QED) is 0.848. The predicted molar refractivity (Wildman–Crippen MR) is 97.3 cm³/mol. The lowest BCUT2D eigenvalue weighted by Crippen LogP contribution is -2.26. The largest absolute Gasteiger partial charge is 0.360 e. The van der Waals surface area contributed by atoms with Crippen LogP contribution >= 0.6 is 0 Å². The van der Waals surface area contributed by atoms with Crippen molar-refractivity contribution in [2.24, 2.45) is 0 Å². The third-order valence-corrected chi connectivity index (χ3v) is 3.87. The third-order valence-electron chi connectivity index (χ3n) is 3.87. The molecule has 0 fully saturated rings. The molecule has 1 N–H and O–H groups in total. The van der Waals surface area contributed by atoms with Gasteiger partial charge in [0.1, 0.15) is 17.3 Å². The maximum Gasteiger partial charge on any atom is 0.270 e. The summed E-state index contributed by atoms with van der Waals surface area (Å²) in [6.45, 7) is 7.42. The van der Waals surface area contributed by atoms with E-state index in [2.05, 4.69) is 27.1 Å². The maximum absolute atomic E-state index is 12.4. The van der Waals surface area contributed by atoms with Crippen molar-refractivity contribution in [3.63, 3.8) is 0 Å². The zero-order valence-corrected chi connectivity index (χ0v) is 15.0. The number of rotatable bonds is 7. The minimum Gasteiger partial charge on any atom is -0.360 e. The SMILES string of the molecule is CCCCN(C)c1cc(C(=O)NCc2ccc(C)cc2)nc(C)n1. The highest BCUT2D eigenvalue weighted by molar-refractivity contribution is 5.92. The van der Waals surface area contributed by atoms with Gasteiger partial charge in [-0.3, -0.25) is 4.79 Å². The molecule has 5 nitrogen and oxygen atoms in total. The molecule has 0 bridgehead atoms. The second kappa shape index (κ2) is 8.43. The molecule has 0 aliphatic rings. The van der Waals surface area contributed by atoms with E-state index in [0.29, 0.717) is 18.1 Å². The van der Waals surface area contributed by atoms with E-state index < -0.39 is 0 Å². The molecule has 1 aromatic heterocycles. The maximum atomic E-state index is 12.4. The van der Waals surface area contributed by atoms with E-state index in [9.17, 15) is 4.79 Å². The minimum atomic E-state index is -0.175. The molecule has 128 valence electrons. The third kappa shape index (κ3) is 5.05. The summed E-state index contributed by atoms with van der Waals surface area (Å²) in [5.41, 5.74) is 2.68. The van der Waals surface area contributed by atoms with E-state index in [1.165, 1.54) is 5.56 Å². The molecule has 0 radical (unpaired) electrons. The average molecular weight is 326 g/mol. The van der Waals surface area contributed by atoms with Crippen molar-refractivity contribution in [2.75, 3.05) is 18.5 Å². The lowest BCUT2D eigenvalue weighted by Gasteiger charge is -2.18. The Morgan fingerprint density at radius 2 is 1.88 bits per heavy atom. The van der Waals surface area contributed by atoms with Gasteiger partial charge in [0, 0.05) is 26.2 Å². The Kier molecular flexibility index (Phi) is 6.29. The molecule has 2 rings (SSSR count). The van der Waals surface area contributed by atoms with Gasteiger partial charge in [-0.25, -0.2) is 9.97 Å². The number of nitrogens with one attached hydrogen (secondary N) is 1. The molecule has 0 unspecified atom stereocenters. The van der Waals surface area contributed by atoms with Gasteiger partial charge in [0.05, 0.1) is 0 Å². The van der Waals surface area contributed by atoms with Crippen molar-refractivity contribution in [1.82, 2.24) is 15.3 Å². The number of carbonyl (C=O) groups excluding carboxylic acids is 1. The molecule has 0 aliphatic heterocycles. The van der Waals surface area contributed by atoms with E-state index >= 15 is 0 Å². The fraction of sp³-hybridized carbons (Fsp3) is 0.421. The van der Waals surface area contributed by atoms with Gasteiger partial charge < -0.3 is 10.2 Å². The highest BCUT2D eigenvalue weighted by Crippen LogP contribution is 2.12. The Morgan fingerprint density at radius 1 is 1.17 bits per heavy atom. The summed E-state index contributed by atoms with van der Waals surface area (Å²) in [7, 11) is 1.99. The number of hydrogen-bond donors (Lipinski definition) is 1. The molecule has 1 amide bonds. The molecular weight excluding hydrogens is 300 g/mol. The van der Waals surface area contributed by atoms with Crippen LogP contribution in [-0.4, -0.2) is 29.5 Å². The smallest absolute Gasteiger partial charge is 0.270 e. The normalized spacial score (nSPS) is 10.5. The summed E-state index contributed by atoms with van der Waals surface area (Å²) in [5.74, 6) is 1.22. The molecule has 0 saturated heterocycles. The van der Waals surface area contributed by atoms with Gasteiger partial charge in [0.2, 0.25) is 0 Å². The van der Waals surface area contributed by atoms with Gasteiger partial charge in [0.15, 0.2) is 0 Å². The predicted octanol–water partition coefficient (Wildman–Crippen LogP) is 3.26. The molecule has 24 heavy (non-hydrogen) atoms. The molecule has 1 heterocycles. The van der Waals surface area contributed by atoms with E-state index in [1.54, 1.807) is 6.07 Å². The van der Waals surface area contributed by atoms with Crippen molar-refractivity contribution >= 4 is 11.7 Å².